The van der Waals surface area contributed by atoms with Gasteiger partial charge in [-0.3, -0.25) is 0 Å². The Kier molecular flexibility index (Phi) is 3.96. The van der Waals surface area contributed by atoms with Crippen molar-refractivity contribution in [3.63, 3.8) is 0 Å². The van der Waals surface area contributed by atoms with Crippen molar-refractivity contribution < 1.29 is 4.74 Å². The minimum atomic E-state index is 0.182. The van der Waals surface area contributed by atoms with Gasteiger partial charge in [0, 0.05) is 0 Å². The van der Waals surface area contributed by atoms with Crippen molar-refractivity contribution in [2.75, 3.05) is 0 Å². The van der Waals surface area contributed by atoms with E-state index in [4.69, 9.17) is 4.74 Å². The zero-order valence-electron chi connectivity index (χ0n) is 11.9. The molecule has 0 aliphatic carbocycles. The van der Waals surface area contributed by atoms with Crippen LogP contribution >= 0.6 is 11.3 Å². The molecule has 0 bridgehead atoms. The van der Waals surface area contributed by atoms with E-state index >= 15 is 0 Å². The highest BCUT2D eigenvalue weighted by Gasteiger charge is 2.07. The number of aromatic nitrogens is 4. The number of thiophene rings is 1. The van der Waals surface area contributed by atoms with E-state index in [1.165, 1.54) is 0 Å². The molecule has 0 aliphatic rings. The normalized spacial score (nSPS) is 11.0. The fourth-order valence-corrected chi connectivity index (χ4v) is 2.57. The average molecular weight is 300 g/mol. The molecule has 3 rings (SSSR count). The van der Waals surface area contributed by atoms with Crippen LogP contribution in [0.25, 0.3) is 10.7 Å². The molecule has 2 heterocycles. The van der Waals surface area contributed by atoms with Gasteiger partial charge in [-0.25, -0.2) is 0 Å². The summed E-state index contributed by atoms with van der Waals surface area (Å²) in [6.07, 6.45) is 0.182. The summed E-state index contributed by atoms with van der Waals surface area (Å²) in [5, 5.41) is 14.6. The van der Waals surface area contributed by atoms with Crippen molar-refractivity contribution >= 4 is 11.3 Å². The molecule has 0 radical (unpaired) electrons. The minimum absolute atomic E-state index is 0.182. The van der Waals surface area contributed by atoms with Crippen LogP contribution < -0.4 is 4.74 Å². The standard InChI is InChI=1S/C15H16N4OS/c1-11(2)20-13-7-5-12(6-8-13)10-19-17-15(16-18-19)14-4-3-9-21-14/h3-9,11H,10H2,1-2H3. The molecule has 5 nitrogen and oxygen atoms in total. The molecule has 0 aliphatic heterocycles. The van der Waals surface area contributed by atoms with Crippen LogP contribution in [0.3, 0.4) is 0 Å². The van der Waals surface area contributed by atoms with Crippen molar-refractivity contribution in [2.24, 2.45) is 0 Å². The SMILES string of the molecule is CC(C)Oc1ccc(Cn2nnc(-c3cccs3)n2)cc1. The molecule has 0 unspecified atom stereocenters. The van der Waals surface area contributed by atoms with Gasteiger partial charge in [0.25, 0.3) is 0 Å². The van der Waals surface area contributed by atoms with Gasteiger partial charge >= 0.3 is 0 Å². The molecule has 0 amide bonds. The zero-order chi connectivity index (χ0) is 14.7. The maximum Gasteiger partial charge on any atom is 0.214 e. The Morgan fingerprint density at radius 2 is 2.00 bits per heavy atom. The van der Waals surface area contributed by atoms with Crippen LogP contribution in [0.1, 0.15) is 19.4 Å². The van der Waals surface area contributed by atoms with Gasteiger partial charge in [0.15, 0.2) is 0 Å². The molecule has 1 aromatic carbocycles. The summed E-state index contributed by atoms with van der Waals surface area (Å²) < 4.78 is 5.62. The molecule has 0 atom stereocenters. The summed E-state index contributed by atoms with van der Waals surface area (Å²) in [6, 6.07) is 11.9. The number of tetrazole rings is 1. The molecule has 0 saturated carbocycles. The molecule has 2 aromatic heterocycles. The van der Waals surface area contributed by atoms with Crippen LogP contribution in [-0.4, -0.2) is 26.3 Å². The van der Waals surface area contributed by atoms with Gasteiger partial charge in [-0.1, -0.05) is 18.2 Å². The molecule has 21 heavy (non-hydrogen) atoms. The average Bonchev–Trinajstić information content (AvgIpc) is 3.11. The number of benzene rings is 1. The van der Waals surface area contributed by atoms with Crippen LogP contribution in [0.15, 0.2) is 41.8 Å². The van der Waals surface area contributed by atoms with Crippen molar-refractivity contribution in [2.45, 2.75) is 26.5 Å². The van der Waals surface area contributed by atoms with Gasteiger partial charge in [0.1, 0.15) is 5.75 Å². The summed E-state index contributed by atoms with van der Waals surface area (Å²) >= 11 is 1.61. The second-order valence-electron chi connectivity index (χ2n) is 4.93. The van der Waals surface area contributed by atoms with Crippen LogP contribution in [0.4, 0.5) is 0 Å². The summed E-state index contributed by atoms with van der Waals surface area (Å²) in [5.74, 6) is 1.55. The summed E-state index contributed by atoms with van der Waals surface area (Å²) in [4.78, 5) is 2.63. The van der Waals surface area contributed by atoms with Crippen LogP contribution in [-0.2, 0) is 6.54 Å². The molecular formula is C15H16N4OS. The monoisotopic (exact) mass is 300 g/mol. The molecular weight excluding hydrogens is 284 g/mol. The van der Waals surface area contributed by atoms with Gasteiger partial charge in [-0.15, -0.1) is 21.5 Å². The number of rotatable bonds is 5. The lowest BCUT2D eigenvalue weighted by Crippen LogP contribution is -2.06. The second-order valence-corrected chi connectivity index (χ2v) is 5.88. The molecule has 108 valence electrons. The van der Waals surface area contributed by atoms with E-state index in [-0.39, 0.29) is 6.10 Å². The Morgan fingerprint density at radius 1 is 1.19 bits per heavy atom. The highest BCUT2D eigenvalue weighted by Crippen LogP contribution is 2.20. The number of hydrogen-bond acceptors (Lipinski definition) is 5. The van der Waals surface area contributed by atoms with Crippen molar-refractivity contribution in [1.82, 2.24) is 20.2 Å². The highest BCUT2D eigenvalue weighted by molar-refractivity contribution is 7.13. The maximum atomic E-state index is 5.62. The first kappa shape index (κ1) is 13.8. The predicted molar refractivity (Wildman–Crippen MR) is 82.4 cm³/mol. The number of nitrogens with zero attached hydrogens (tertiary/aromatic N) is 4. The van der Waals surface area contributed by atoms with E-state index in [1.807, 2.05) is 55.6 Å². The minimum Gasteiger partial charge on any atom is -0.491 e. The number of ether oxygens (including phenoxy) is 1. The number of hydrogen-bond donors (Lipinski definition) is 0. The highest BCUT2D eigenvalue weighted by atomic mass is 32.1. The van der Waals surface area contributed by atoms with Crippen LogP contribution in [0.5, 0.6) is 5.75 Å². The van der Waals surface area contributed by atoms with Crippen LogP contribution in [0.2, 0.25) is 0 Å². The van der Waals surface area contributed by atoms with Gasteiger partial charge in [-0.2, -0.15) is 4.80 Å². The molecule has 3 aromatic rings. The lowest BCUT2D eigenvalue weighted by atomic mass is 10.2. The van der Waals surface area contributed by atoms with E-state index in [0.29, 0.717) is 12.4 Å². The lowest BCUT2D eigenvalue weighted by Gasteiger charge is -2.09. The Morgan fingerprint density at radius 3 is 2.67 bits per heavy atom. The largest absolute Gasteiger partial charge is 0.491 e. The van der Waals surface area contributed by atoms with Crippen molar-refractivity contribution in [1.29, 1.82) is 0 Å². The quantitative estimate of drug-likeness (QED) is 0.726. The zero-order valence-corrected chi connectivity index (χ0v) is 12.7. The fourth-order valence-electron chi connectivity index (χ4n) is 1.92. The third kappa shape index (κ3) is 3.46. The maximum absolute atomic E-state index is 5.62. The first-order valence-corrected chi connectivity index (χ1v) is 7.66. The molecule has 0 spiro atoms. The van der Waals surface area contributed by atoms with Crippen LogP contribution in [0, 0.1) is 0 Å². The lowest BCUT2D eigenvalue weighted by molar-refractivity contribution is 0.242. The summed E-state index contributed by atoms with van der Waals surface area (Å²) in [5.41, 5.74) is 1.11. The Bertz CT molecular complexity index is 689. The first-order chi connectivity index (χ1) is 10.2. The van der Waals surface area contributed by atoms with Gasteiger partial charge in [0.2, 0.25) is 5.82 Å². The van der Waals surface area contributed by atoms with Crippen molar-refractivity contribution in [3.8, 4) is 16.5 Å². The van der Waals surface area contributed by atoms with Crippen molar-refractivity contribution in [3.05, 3.63) is 47.3 Å². The third-order valence-electron chi connectivity index (χ3n) is 2.81. The first-order valence-electron chi connectivity index (χ1n) is 6.78. The van der Waals surface area contributed by atoms with Gasteiger partial charge in [-0.05, 0) is 48.2 Å². The topological polar surface area (TPSA) is 52.8 Å². The summed E-state index contributed by atoms with van der Waals surface area (Å²) in [6.45, 7) is 4.62. The second kappa shape index (κ2) is 6.05. The van der Waals surface area contributed by atoms with E-state index in [9.17, 15) is 0 Å². The Balaban J connectivity index is 1.69. The molecule has 0 N–H and O–H groups in total. The molecule has 0 saturated heterocycles. The molecule has 0 fully saturated rings. The Hall–Kier alpha value is -2.21. The Labute approximate surface area is 127 Å². The summed E-state index contributed by atoms with van der Waals surface area (Å²) in [7, 11) is 0. The van der Waals surface area contributed by atoms with E-state index < -0.39 is 0 Å². The smallest absolute Gasteiger partial charge is 0.214 e. The predicted octanol–water partition coefficient (Wildman–Crippen LogP) is 3.24. The third-order valence-corrected chi connectivity index (χ3v) is 3.68. The van der Waals surface area contributed by atoms with E-state index in [2.05, 4.69) is 15.4 Å². The van der Waals surface area contributed by atoms with E-state index in [0.717, 1.165) is 16.2 Å². The van der Waals surface area contributed by atoms with E-state index in [1.54, 1.807) is 16.1 Å². The molecule has 6 heteroatoms. The fraction of sp³-hybridized carbons (Fsp3) is 0.267. The van der Waals surface area contributed by atoms with Gasteiger partial charge in [0.05, 0.1) is 17.5 Å². The van der Waals surface area contributed by atoms with Gasteiger partial charge < -0.3 is 4.74 Å².